The monoisotopic (exact) mass is 391 g/mol. The molecule has 1 aromatic carbocycles. The van der Waals surface area contributed by atoms with E-state index in [4.69, 9.17) is 16.3 Å². The molecule has 5 nitrogen and oxygen atoms in total. The van der Waals surface area contributed by atoms with Gasteiger partial charge in [-0.05, 0) is 18.2 Å². The van der Waals surface area contributed by atoms with Gasteiger partial charge in [0.2, 0.25) is 0 Å². The quantitative estimate of drug-likeness (QED) is 0.669. The Morgan fingerprint density at radius 1 is 1.38 bits per heavy atom. The Morgan fingerprint density at radius 2 is 2.15 bits per heavy atom. The number of nitrogens with zero attached hydrogens (tertiary/aromatic N) is 2. The first-order valence-corrected chi connectivity index (χ1v) is 9.60. The van der Waals surface area contributed by atoms with Crippen LogP contribution in [-0.4, -0.2) is 29.2 Å². The molecule has 0 aliphatic carbocycles. The highest BCUT2D eigenvalue weighted by atomic mass is 35.5. The second-order valence-corrected chi connectivity index (χ2v) is 8.43. The lowest BCUT2D eigenvalue weighted by atomic mass is 9.93. The van der Waals surface area contributed by atoms with Crippen molar-refractivity contribution in [2.45, 2.75) is 32.7 Å². The van der Waals surface area contributed by atoms with Crippen LogP contribution in [0.15, 0.2) is 29.8 Å². The molecule has 2 aromatic heterocycles. The maximum Gasteiger partial charge on any atom is 0.259 e. The molecule has 7 heteroatoms. The lowest BCUT2D eigenvalue weighted by Crippen LogP contribution is -2.14. The van der Waals surface area contributed by atoms with Gasteiger partial charge in [0.05, 0.1) is 17.9 Å². The Kier molecular flexibility index (Phi) is 5.37. The van der Waals surface area contributed by atoms with Crippen LogP contribution in [0.4, 0.5) is 5.13 Å². The van der Waals surface area contributed by atoms with Crippen molar-refractivity contribution in [2.24, 2.45) is 0 Å². The van der Waals surface area contributed by atoms with Crippen molar-refractivity contribution >= 4 is 44.9 Å². The zero-order valence-corrected chi connectivity index (χ0v) is 16.9. The summed E-state index contributed by atoms with van der Waals surface area (Å²) >= 11 is 7.58. The fraction of sp³-hybridized carbons (Fsp3) is 0.368. The fourth-order valence-corrected chi connectivity index (χ4v) is 3.77. The van der Waals surface area contributed by atoms with Gasteiger partial charge in [-0.25, -0.2) is 4.98 Å². The van der Waals surface area contributed by atoms with Gasteiger partial charge in [-0.15, -0.1) is 11.3 Å². The van der Waals surface area contributed by atoms with Crippen molar-refractivity contribution in [1.82, 2.24) is 9.55 Å². The highest BCUT2D eigenvalue weighted by Crippen LogP contribution is 2.29. The van der Waals surface area contributed by atoms with Gasteiger partial charge >= 0.3 is 0 Å². The number of aromatic nitrogens is 2. The minimum absolute atomic E-state index is 0.0524. The standard InChI is InChI=1S/C19H22ClN3O2S/c1-19(2,3)16-11-26-18(21-16)22-17(24)14-10-23(7-8-25-4)15-6-5-12(20)9-13(14)15/h5-6,9-11H,7-8H2,1-4H3,(H,21,22,24). The van der Waals surface area contributed by atoms with E-state index in [1.807, 2.05) is 34.3 Å². The van der Waals surface area contributed by atoms with Gasteiger partial charge in [0, 0.05) is 46.6 Å². The van der Waals surface area contributed by atoms with E-state index < -0.39 is 0 Å². The zero-order chi connectivity index (χ0) is 18.9. The summed E-state index contributed by atoms with van der Waals surface area (Å²) in [6, 6.07) is 5.56. The summed E-state index contributed by atoms with van der Waals surface area (Å²) < 4.78 is 7.17. The highest BCUT2D eigenvalue weighted by Gasteiger charge is 2.20. The van der Waals surface area contributed by atoms with E-state index in [1.54, 1.807) is 7.11 Å². The molecule has 1 amide bonds. The lowest BCUT2D eigenvalue weighted by molar-refractivity contribution is 0.102. The molecule has 26 heavy (non-hydrogen) atoms. The van der Waals surface area contributed by atoms with E-state index in [0.29, 0.717) is 28.9 Å². The summed E-state index contributed by atoms with van der Waals surface area (Å²) in [6.45, 7) is 7.51. The van der Waals surface area contributed by atoms with Crippen LogP contribution in [0, 0.1) is 0 Å². The molecule has 0 bridgehead atoms. The van der Waals surface area contributed by atoms with Crippen molar-refractivity contribution in [2.75, 3.05) is 19.0 Å². The van der Waals surface area contributed by atoms with Gasteiger partial charge in [-0.1, -0.05) is 32.4 Å². The highest BCUT2D eigenvalue weighted by molar-refractivity contribution is 7.14. The van der Waals surface area contributed by atoms with Crippen molar-refractivity contribution < 1.29 is 9.53 Å². The van der Waals surface area contributed by atoms with Crippen LogP contribution >= 0.6 is 22.9 Å². The summed E-state index contributed by atoms with van der Waals surface area (Å²) in [5.41, 5.74) is 2.43. The number of thiazole rings is 1. The van der Waals surface area contributed by atoms with Gasteiger partial charge in [0.15, 0.2) is 5.13 Å². The number of hydrogen-bond acceptors (Lipinski definition) is 4. The topological polar surface area (TPSA) is 56.1 Å². The molecular formula is C19H22ClN3O2S. The maximum atomic E-state index is 12.9. The van der Waals surface area contributed by atoms with Crippen molar-refractivity contribution in [3.8, 4) is 0 Å². The molecule has 0 atom stereocenters. The van der Waals surface area contributed by atoms with Crippen molar-refractivity contribution in [1.29, 1.82) is 0 Å². The van der Waals surface area contributed by atoms with E-state index in [1.165, 1.54) is 11.3 Å². The van der Waals surface area contributed by atoms with E-state index in [-0.39, 0.29) is 11.3 Å². The first kappa shape index (κ1) is 18.9. The van der Waals surface area contributed by atoms with Crippen LogP contribution < -0.4 is 5.32 Å². The van der Waals surface area contributed by atoms with E-state index >= 15 is 0 Å². The Balaban J connectivity index is 1.92. The molecule has 2 heterocycles. The molecule has 0 radical (unpaired) electrons. The molecule has 0 aliphatic heterocycles. The number of anilines is 1. The molecule has 3 rings (SSSR count). The number of halogens is 1. The SMILES string of the molecule is COCCn1cc(C(=O)Nc2nc(C(C)(C)C)cs2)c2cc(Cl)ccc21. The third-order valence-electron chi connectivity index (χ3n) is 4.12. The third kappa shape index (κ3) is 3.92. The third-order valence-corrected chi connectivity index (χ3v) is 5.11. The van der Waals surface area contributed by atoms with Crippen LogP contribution in [0.5, 0.6) is 0 Å². The Labute approximate surface area is 161 Å². The van der Waals surface area contributed by atoms with Crippen LogP contribution in [0.3, 0.4) is 0 Å². The summed E-state index contributed by atoms with van der Waals surface area (Å²) in [4.78, 5) is 17.4. The van der Waals surface area contributed by atoms with Gasteiger partial charge in [-0.3, -0.25) is 10.1 Å². The van der Waals surface area contributed by atoms with Crippen LogP contribution in [0.1, 0.15) is 36.8 Å². The molecule has 1 N–H and O–H groups in total. The molecule has 0 spiro atoms. The summed E-state index contributed by atoms with van der Waals surface area (Å²) in [6.07, 6.45) is 1.84. The minimum atomic E-state index is -0.191. The largest absolute Gasteiger partial charge is 0.383 e. The Hall–Kier alpha value is -1.89. The molecule has 0 fully saturated rings. The number of fused-ring (bicyclic) bond motifs is 1. The normalized spacial score (nSPS) is 11.9. The minimum Gasteiger partial charge on any atom is -0.383 e. The molecule has 138 valence electrons. The lowest BCUT2D eigenvalue weighted by Gasteiger charge is -2.14. The van der Waals surface area contributed by atoms with Crippen LogP contribution in [0.25, 0.3) is 10.9 Å². The number of carbonyl (C=O) groups excluding carboxylic acids is 1. The number of ether oxygens (including phenoxy) is 1. The first-order valence-electron chi connectivity index (χ1n) is 8.34. The Morgan fingerprint density at radius 3 is 2.81 bits per heavy atom. The molecular weight excluding hydrogens is 370 g/mol. The predicted octanol–water partition coefficient (Wildman–Crippen LogP) is 4.95. The average Bonchev–Trinajstić information content (AvgIpc) is 3.17. The van der Waals surface area contributed by atoms with Crippen LogP contribution in [0.2, 0.25) is 5.02 Å². The second-order valence-electron chi connectivity index (χ2n) is 7.13. The molecule has 0 aliphatic rings. The summed E-state index contributed by atoms with van der Waals surface area (Å²) in [5.74, 6) is -0.191. The molecule has 0 unspecified atom stereocenters. The van der Waals surface area contributed by atoms with Gasteiger partial charge < -0.3 is 9.30 Å². The van der Waals surface area contributed by atoms with Gasteiger partial charge in [0.1, 0.15) is 0 Å². The molecule has 0 saturated heterocycles. The maximum absolute atomic E-state index is 12.9. The molecule has 3 aromatic rings. The van der Waals surface area contributed by atoms with Crippen molar-refractivity contribution in [3.63, 3.8) is 0 Å². The predicted molar refractivity (Wildman–Crippen MR) is 108 cm³/mol. The fourth-order valence-electron chi connectivity index (χ4n) is 2.67. The zero-order valence-electron chi connectivity index (χ0n) is 15.3. The average molecular weight is 392 g/mol. The van der Waals surface area contributed by atoms with Gasteiger partial charge in [-0.2, -0.15) is 0 Å². The van der Waals surface area contributed by atoms with E-state index in [2.05, 4.69) is 31.1 Å². The van der Waals surface area contributed by atoms with Crippen molar-refractivity contribution in [3.05, 3.63) is 46.1 Å². The number of amides is 1. The first-order chi connectivity index (χ1) is 12.3. The summed E-state index contributed by atoms with van der Waals surface area (Å²) in [5, 5.41) is 6.91. The number of nitrogens with one attached hydrogen (secondary N) is 1. The Bertz CT molecular complexity index is 940. The van der Waals surface area contributed by atoms with E-state index in [0.717, 1.165) is 16.6 Å². The van der Waals surface area contributed by atoms with Gasteiger partial charge in [0.25, 0.3) is 5.91 Å². The number of methoxy groups -OCH3 is 1. The smallest absolute Gasteiger partial charge is 0.259 e. The summed E-state index contributed by atoms with van der Waals surface area (Å²) in [7, 11) is 1.66. The van der Waals surface area contributed by atoms with Crippen LogP contribution in [-0.2, 0) is 16.7 Å². The number of benzene rings is 1. The van der Waals surface area contributed by atoms with E-state index in [9.17, 15) is 4.79 Å². The number of rotatable bonds is 5. The molecule has 0 saturated carbocycles. The number of carbonyl (C=O) groups is 1. The number of hydrogen-bond donors (Lipinski definition) is 1. The second kappa shape index (κ2) is 7.39.